The molecule has 0 aliphatic carbocycles. The summed E-state index contributed by atoms with van der Waals surface area (Å²) in [5, 5.41) is 3.29. The third kappa shape index (κ3) is 4.83. The monoisotopic (exact) mass is 351 g/mol. The molecule has 21 heavy (non-hydrogen) atoms. The molecule has 112 valence electrons. The van der Waals surface area contributed by atoms with Crippen molar-refractivity contribution in [2.75, 3.05) is 6.54 Å². The second kappa shape index (κ2) is 7.57. The van der Waals surface area contributed by atoms with Crippen molar-refractivity contribution in [2.24, 2.45) is 5.92 Å². The van der Waals surface area contributed by atoms with Crippen molar-refractivity contribution >= 4 is 15.9 Å². The van der Waals surface area contributed by atoms with Gasteiger partial charge in [-0.3, -0.25) is 0 Å². The number of ether oxygens (including phenoxy) is 1. The van der Waals surface area contributed by atoms with E-state index in [-0.39, 0.29) is 11.6 Å². The summed E-state index contributed by atoms with van der Waals surface area (Å²) in [5.41, 5.74) is 0.910. The van der Waals surface area contributed by atoms with Crippen molar-refractivity contribution in [3.8, 4) is 11.5 Å². The van der Waals surface area contributed by atoms with Gasteiger partial charge in [0, 0.05) is 6.54 Å². The van der Waals surface area contributed by atoms with Crippen LogP contribution in [0, 0.1) is 11.7 Å². The molecule has 4 heteroatoms. The number of rotatable bonds is 6. The lowest BCUT2D eigenvalue weighted by atomic mass is 10.2. The van der Waals surface area contributed by atoms with Gasteiger partial charge in [0.2, 0.25) is 0 Å². The van der Waals surface area contributed by atoms with E-state index in [0.29, 0.717) is 18.2 Å². The van der Waals surface area contributed by atoms with Gasteiger partial charge < -0.3 is 10.1 Å². The molecule has 0 amide bonds. The summed E-state index contributed by atoms with van der Waals surface area (Å²) in [5.74, 6) is 1.05. The molecular formula is C17H19BrFNO. The van der Waals surface area contributed by atoms with Crippen LogP contribution in [0.15, 0.2) is 46.9 Å². The fourth-order valence-corrected chi connectivity index (χ4v) is 2.25. The van der Waals surface area contributed by atoms with E-state index in [9.17, 15) is 4.39 Å². The Kier molecular flexibility index (Phi) is 5.76. The first kappa shape index (κ1) is 16.0. The molecule has 0 bridgehead atoms. The van der Waals surface area contributed by atoms with Gasteiger partial charge in [0.05, 0.1) is 4.47 Å². The highest BCUT2D eigenvalue weighted by Gasteiger charge is 2.08. The molecule has 0 aliphatic heterocycles. The van der Waals surface area contributed by atoms with Crippen molar-refractivity contribution in [3.05, 3.63) is 58.3 Å². The maximum absolute atomic E-state index is 14.1. The molecule has 0 spiro atoms. The minimum atomic E-state index is -0.352. The van der Waals surface area contributed by atoms with Gasteiger partial charge in [-0.25, -0.2) is 4.39 Å². The van der Waals surface area contributed by atoms with Crippen molar-refractivity contribution in [2.45, 2.75) is 20.4 Å². The zero-order valence-corrected chi connectivity index (χ0v) is 13.8. The lowest BCUT2D eigenvalue weighted by Crippen LogP contribution is -2.18. The molecule has 2 nitrogen and oxygen atoms in total. The maximum atomic E-state index is 14.1. The molecule has 0 fully saturated rings. The number of hydrogen-bond donors (Lipinski definition) is 1. The van der Waals surface area contributed by atoms with E-state index in [2.05, 4.69) is 35.1 Å². The standard InChI is InChI=1S/C17H19BrFNO/c1-12(2)10-20-11-13-7-8-17(15(19)9-13)21-16-6-4-3-5-14(16)18/h3-9,12,20H,10-11H2,1-2H3. The number of benzene rings is 2. The number of nitrogens with one attached hydrogen (secondary N) is 1. The lowest BCUT2D eigenvalue weighted by Gasteiger charge is -2.11. The Morgan fingerprint density at radius 3 is 2.57 bits per heavy atom. The fourth-order valence-electron chi connectivity index (χ4n) is 1.89. The normalized spacial score (nSPS) is 10.9. The highest BCUT2D eigenvalue weighted by molar-refractivity contribution is 9.10. The van der Waals surface area contributed by atoms with Crippen LogP contribution in [-0.4, -0.2) is 6.54 Å². The summed E-state index contributed by atoms with van der Waals surface area (Å²) in [6.07, 6.45) is 0. The average Bonchev–Trinajstić information content (AvgIpc) is 2.43. The van der Waals surface area contributed by atoms with Gasteiger partial charge in [0.15, 0.2) is 11.6 Å². The first-order valence-electron chi connectivity index (χ1n) is 6.98. The Bertz CT molecular complexity index is 601. The predicted molar refractivity (Wildman–Crippen MR) is 87.2 cm³/mol. The van der Waals surface area contributed by atoms with Crippen LogP contribution in [0.5, 0.6) is 11.5 Å². The third-order valence-electron chi connectivity index (χ3n) is 2.93. The number of hydrogen-bond acceptors (Lipinski definition) is 2. The molecule has 0 heterocycles. The molecule has 0 radical (unpaired) electrons. The summed E-state index contributed by atoms with van der Waals surface area (Å²) in [7, 11) is 0. The van der Waals surface area contributed by atoms with Crippen molar-refractivity contribution < 1.29 is 9.13 Å². The molecule has 0 atom stereocenters. The Morgan fingerprint density at radius 1 is 1.14 bits per heavy atom. The van der Waals surface area contributed by atoms with Gasteiger partial charge in [-0.15, -0.1) is 0 Å². The van der Waals surface area contributed by atoms with E-state index in [1.165, 1.54) is 6.07 Å². The quantitative estimate of drug-likeness (QED) is 0.779. The summed E-state index contributed by atoms with van der Waals surface area (Å²) in [6, 6.07) is 12.4. The van der Waals surface area contributed by atoms with E-state index >= 15 is 0 Å². The van der Waals surface area contributed by atoms with Gasteiger partial charge >= 0.3 is 0 Å². The molecule has 1 N–H and O–H groups in total. The SMILES string of the molecule is CC(C)CNCc1ccc(Oc2ccccc2Br)c(F)c1. The second-order valence-electron chi connectivity index (χ2n) is 5.32. The summed E-state index contributed by atoms with van der Waals surface area (Å²) >= 11 is 3.38. The molecule has 2 aromatic rings. The molecule has 0 aliphatic rings. The largest absolute Gasteiger partial charge is 0.453 e. The highest BCUT2D eigenvalue weighted by atomic mass is 79.9. The summed E-state index contributed by atoms with van der Waals surface area (Å²) in [6.45, 7) is 5.85. The molecule has 2 aromatic carbocycles. The highest BCUT2D eigenvalue weighted by Crippen LogP contribution is 2.30. The smallest absolute Gasteiger partial charge is 0.166 e. The van der Waals surface area contributed by atoms with Crippen LogP contribution in [-0.2, 0) is 6.54 Å². The molecule has 0 saturated carbocycles. The van der Waals surface area contributed by atoms with Crippen LogP contribution in [0.1, 0.15) is 19.4 Å². The molecule has 0 aromatic heterocycles. The lowest BCUT2D eigenvalue weighted by molar-refractivity contribution is 0.439. The Balaban J connectivity index is 2.04. The Labute approximate surface area is 133 Å². The van der Waals surface area contributed by atoms with Gasteiger partial charge in [0.1, 0.15) is 5.75 Å². The maximum Gasteiger partial charge on any atom is 0.166 e. The van der Waals surface area contributed by atoms with E-state index in [1.54, 1.807) is 12.1 Å². The van der Waals surface area contributed by atoms with E-state index in [0.717, 1.165) is 16.6 Å². The first-order valence-corrected chi connectivity index (χ1v) is 7.77. The van der Waals surface area contributed by atoms with Crippen LogP contribution in [0.4, 0.5) is 4.39 Å². The molecule has 0 saturated heterocycles. The van der Waals surface area contributed by atoms with E-state index in [1.807, 2.05) is 24.3 Å². The summed E-state index contributed by atoms with van der Waals surface area (Å²) in [4.78, 5) is 0. The minimum Gasteiger partial charge on any atom is -0.453 e. The van der Waals surface area contributed by atoms with Gasteiger partial charge in [-0.05, 0) is 58.2 Å². The van der Waals surface area contributed by atoms with Gasteiger partial charge in [-0.2, -0.15) is 0 Å². The number of para-hydroxylation sites is 1. The van der Waals surface area contributed by atoms with E-state index in [4.69, 9.17) is 4.74 Å². The molecule has 0 unspecified atom stereocenters. The van der Waals surface area contributed by atoms with Crippen molar-refractivity contribution in [1.29, 1.82) is 0 Å². The molecular weight excluding hydrogens is 333 g/mol. The third-order valence-corrected chi connectivity index (χ3v) is 3.59. The van der Waals surface area contributed by atoms with Crippen LogP contribution in [0.2, 0.25) is 0 Å². The van der Waals surface area contributed by atoms with Crippen molar-refractivity contribution in [1.82, 2.24) is 5.32 Å². The Hall–Kier alpha value is -1.39. The Morgan fingerprint density at radius 2 is 1.90 bits per heavy atom. The first-order chi connectivity index (χ1) is 10.1. The minimum absolute atomic E-state index is 0.231. The topological polar surface area (TPSA) is 21.3 Å². The van der Waals surface area contributed by atoms with Crippen LogP contribution in [0.3, 0.4) is 0 Å². The van der Waals surface area contributed by atoms with Crippen molar-refractivity contribution in [3.63, 3.8) is 0 Å². The van der Waals surface area contributed by atoms with E-state index < -0.39 is 0 Å². The zero-order valence-electron chi connectivity index (χ0n) is 12.2. The second-order valence-corrected chi connectivity index (χ2v) is 6.18. The fraction of sp³-hybridized carbons (Fsp3) is 0.294. The van der Waals surface area contributed by atoms with Gasteiger partial charge in [-0.1, -0.05) is 32.0 Å². The van der Waals surface area contributed by atoms with Crippen LogP contribution >= 0.6 is 15.9 Å². The predicted octanol–water partition coefficient (Wildman–Crippen LogP) is 5.13. The number of halogens is 2. The van der Waals surface area contributed by atoms with Crippen LogP contribution in [0.25, 0.3) is 0 Å². The van der Waals surface area contributed by atoms with Crippen LogP contribution < -0.4 is 10.1 Å². The summed E-state index contributed by atoms with van der Waals surface area (Å²) < 4.78 is 20.5. The average molecular weight is 352 g/mol. The zero-order chi connectivity index (χ0) is 15.2. The molecule has 2 rings (SSSR count). The van der Waals surface area contributed by atoms with Gasteiger partial charge in [0.25, 0.3) is 0 Å².